The maximum Gasteiger partial charge on any atom is 0.308 e. The fraction of sp³-hybridized carbons (Fsp3) is 0.333. The molecule has 1 aromatic carbocycles. The SMILES string of the molecule is CCC(CNC(=O)c1ccc(F)c(Br)c1)C(=O)O. The fourth-order valence-corrected chi connectivity index (χ4v) is 1.74. The zero-order chi connectivity index (χ0) is 13.7. The van der Waals surface area contributed by atoms with Gasteiger partial charge in [0.1, 0.15) is 5.82 Å². The molecule has 1 aromatic rings. The molecule has 0 aliphatic heterocycles. The zero-order valence-electron chi connectivity index (χ0n) is 9.74. The first kappa shape index (κ1) is 14.6. The molecule has 98 valence electrons. The average molecular weight is 318 g/mol. The largest absolute Gasteiger partial charge is 0.481 e. The summed E-state index contributed by atoms with van der Waals surface area (Å²) in [5, 5.41) is 11.3. The minimum atomic E-state index is -0.946. The Morgan fingerprint density at radius 2 is 2.17 bits per heavy atom. The molecule has 0 saturated heterocycles. The highest BCUT2D eigenvalue weighted by Crippen LogP contribution is 2.16. The molecule has 0 aliphatic carbocycles. The third-order valence-electron chi connectivity index (χ3n) is 2.53. The van der Waals surface area contributed by atoms with Gasteiger partial charge < -0.3 is 10.4 Å². The van der Waals surface area contributed by atoms with Crippen LogP contribution in [0.1, 0.15) is 23.7 Å². The van der Waals surface area contributed by atoms with Crippen molar-refractivity contribution in [1.82, 2.24) is 5.32 Å². The van der Waals surface area contributed by atoms with Gasteiger partial charge in [0.25, 0.3) is 5.91 Å². The molecule has 2 N–H and O–H groups in total. The lowest BCUT2D eigenvalue weighted by molar-refractivity contribution is -0.141. The summed E-state index contributed by atoms with van der Waals surface area (Å²) in [5.41, 5.74) is 0.281. The fourth-order valence-electron chi connectivity index (χ4n) is 1.36. The lowest BCUT2D eigenvalue weighted by Crippen LogP contribution is -2.32. The molecule has 0 aliphatic rings. The molecule has 0 radical (unpaired) electrons. The third-order valence-corrected chi connectivity index (χ3v) is 3.14. The van der Waals surface area contributed by atoms with Gasteiger partial charge in [-0.1, -0.05) is 6.92 Å². The highest BCUT2D eigenvalue weighted by atomic mass is 79.9. The van der Waals surface area contributed by atoms with Crippen LogP contribution in [0.25, 0.3) is 0 Å². The van der Waals surface area contributed by atoms with Crippen molar-refractivity contribution in [3.8, 4) is 0 Å². The molecule has 0 saturated carbocycles. The minimum Gasteiger partial charge on any atom is -0.481 e. The number of carboxylic acids is 1. The van der Waals surface area contributed by atoms with Gasteiger partial charge in [-0.3, -0.25) is 9.59 Å². The molecular formula is C12H13BrFNO3. The number of aliphatic carboxylic acids is 1. The Kier molecular flexibility index (Phi) is 5.27. The monoisotopic (exact) mass is 317 g/mol. The number of carbonyl (C=O) groups is 2. The summed E-state index contributed by atoms with van der Waals surface area (Å²) in [4.78, 5) is 22.5. The number of halogens is 2. The van der Waals surface area contributed by atoms with E-state index in [4.69, 9.17) is 5.11 Å². The van der Waals surface area contributed by atoms with E-state index in [1.54, 1.807) is 6.92 Å². The van der Waals surface area contributed by atoms with Crippen molar-refractivity contribution in [1.29, 1.82) is 0 Å². The Morgan fingerprint density at radius 3 is 2.67 bits per heavy atom. The minimum absolute atomic E-state index is 0.0552. The van der Waals surface area contributed by atoms with Crippen molar-refractivity contribution in [2.75, 3.05) is 6.54 Å². The molecule has 4 nitrogen and oxygen atoms in total. The molecule has 6 heteroatoms. The molecule has 1 rings (SSSR count). The van der Waals surface area contributed by atoms with Crippen molar-refractivity contribution in [2.45, 2.75) is 13.3 Å². The van der Waals surface area contributed by atoms with Crippen LogP contribution < -0.4 is 5.32 Å². The second-order valence-corrected chi connectivity index (χ2v) is 4.64. The normalized spacial score (nSPS) is 11.9. The standard InChI is InChI=1S/C12H13BrFNO3/c1-2-7(12(17)18)6-15-11(16)8-3-4-10(14)9(13)5-8/h3-5,7H,2,6H2,1H3,(H,15,16)(H,17,18). The lowest BCUT2D eigenvalue weighted by Gasteiger charge is -2.11. The molecule has 0 spiro atoms. The lowest BCUT2D eigenvalue weighted by atomic mass is 10.1. The van der Waals surface area contributed by atoms with Crippen molar-refractivity contribution in [2.24, 2.45) is 5.92 Å². The Morgan fingerprint density at radius 1 is 1.50 bits per heavy atom. The maximum absolute atomic E-state index is 13.0. The maximum atomic E-state index is 13.0. The summed E-state index contributed by atoms with van der Waals surface area (Å²) in [6, 6.07) is 3.87. The van der Waals surface area contributed by atoms with E-state index in [9.17, 15) is 14.0 Å². The third kappa shape index (κ3) is 3.80. The van der Waals surface area contributed by atoms with Gasteiger partial charge in [0.15, 0.2) is 0 Å². The van der Waals surface area contributed by atoms with E-state index < -0.39 is 23.6 Å². The highest BCUT2D eigenvalue weighted by Gasteiger charge is 2.16. The number of amides is 1. The van der Waals surface area contributed by atoms with E-state index in [0.717, 1.165) is 0 Å². The van der Waals surface area contributed by atoms with Gasteiger partial charge >= 0.3 is 5.97 Å². The van der Waals surface area contributed by atoms with Crippen LogP contribution in [0.15, 0.2) is 22.7 Å². The second kappa shape index (κ2) is 6.49. The second-order valence-electron chi connectivity index (χ2n) is 3.78. The topological polar surface area (TPSA) is 66.4 Å². The van der Waals surface area contributed by atoms with Crippen molar-refractivity contribution in [3.05, 3.63) is 34.1 Å². The number of nitrogens with one attached hydrogen (secondary N) is 1. The van der Waals surface area contributed by atoms with Crippen LogP contribution in [0.3, 0.4) is 0 Å². The molecule has 1 unspecified atom stereocenters. The predicted molar refractivity (Wildman–Crippen MR) is 67.9 cm³/mol. The van der Waals surface area contributed by atoms with Crippen LogP contribution in [0.4, 0.5) is 4.39 Å². The van der Waals surface area contributed by atoms with Crippen LogP contribution in [0.5, 0.6) is 0 Å². The first-order valence-corrected chi connectivity index (χ1v) is 6.21. The van der Waals surface area contributed by atoms with E-state index >= 15 is 0 Å². The van der Waals surface area contributed by atoms with Crippen LogP contribution in [-0.4, -0.2) is 23.5 Å². The summed E-state index contributed by atoms with van der Waals surface area (Å²) >= 11 is 2.98. The Bertz CT molecular complexity index is 465. The average Bonchev–Trinajstić information content (AvgIpc) is 2.32. The molecule has 18 heavy (non-hydrogen) atoms. The smallest absolute Gasteiger partial charge is 0.308 e. The first-order valence-electron chi connectivity index (χ1n) is 5.41. The molecular weight excluding hydrogens is 305 g/mol. The summed E-state index contributed by atoms with van der Waals surface area (Å²) in [6.45, 7) is 1.79. The summed E-state index contributed by atoms with van der Waals surface area (Å²) in [5.74, 6) is -2.44. The van der Waals surface area contributed by atoms with Crippen LogP contribution in [-0.2, 0) is 4.79 Å². The number of carboxylic acid groups (broad SMARTS) is 1. The summed E-state index contributed by atoms with van der Waals surface area (Å²) < 4.78 is 13.2. The van der Waals surface area contributed by atoms with Gasteiger partial charge in [0, 0.05) is 12.1 Å². The number of rotatable bonds is 5. The molecule has 0 aromatic heterocycles. The molecule has 0 fully saturated rings. The van der Waals surface area contributed by atoms with Crippen molar-refractivity contribution in [3.63, 3.8) is 0 Å². The van der Waals surface area contributed by atoms with Crippen LogP contribution >= 0.6 is 15.9 Å². The number of benzene rings is 1. The number of hydrogen-bond acceptors (Lipinski definition) is 2. The zero-order valence-corrected chi connectivity index (χ0v) is 11.3. The molecule has 0 bridgehead atoms. The van der Waals surface area contributed by atoms with Crippen molar-refractivity contribution >= 4 is 27.8 Å². The van der Waals surface area contributed by atoms with Gasteiger partial charge in [0.05, 0.1) is 10.4 Å². The molecule has 1 amide bonds. The first-order chi connectivity index (χ1) is 8.45. The van der Waals surface area contributed by atoms with E-state index in [0.29, 0.717) is 6.42 Å². The summed E-state index contributed by atoms with van der Waals surface area (Å²) in [6.07, 6.45) is 0.433. The van der Waals surface area contributed by atoms with Gasteiger partial charge in [0.2, 0.25) is 0 Å². The highest BCUT2D eigenvalue weighted by molar-refractivity contribution is 9.10. The van der Waals surface area contributed by atoms with Crippen LogP contribution in [0.2, 0.25) is 0 Å². The Hall–Kier alpha value is -1.43. The van der Waals surface area contributed by atoms with Gasteiger partial charge in [-0.15, -0.1) is 0 Å². The van der Waals surface area contributed by atoms with Crippen LogP contribution in [0, 0.1) is 11.7 Å². The number of carbonyl (C=O) groups excluding carboxylic acids is 1. The number of hydrogen-bond donors (Lipinski definition) is 2. The Labute approximate surface area is 112 Å². The van der Waals surface area contributed by atoms with Crippen molar-refractivity contribution < 1.29 is 19.1 Å². The summed E-state index contributed by atoms with van der Waals surface area (Å²) in [7, 11) is 0. The predicted octanol–water partition coefficient (Wildman–Crippen LogP) is 2.43. The van der Waals surface area contributed by atoms with E-state index in [2.05, 4.69) is 21.2 Å². The quantitative estimate of drug-likeness (QED) is 0.876. The molecule has 0 heterocycles. The van der Waals surface area contributed by atoms with E-state index in [1.807, 2.05) is 0 Å². The van der Waals surface area contributed by atoms with Gasteiger partial charge in [-0.2, -0.15) is 0 Å². The van der Waals surface area contributed by atoms with E-state index in [-0.39, 0.29) is 16.6 Å². The van der Waals surface area contributed by atoms with E-state index in [1.165, 1.54) is 18.2 Å². The van der Waals surface area contributed by atoms with Gasteiger partial charge in [-0.25, -0.2) is 4.39 Å². The molecule has 1 atom stereocenters. The Balaban J connectivity index is 2.65. The van der Waals surface area contributed by atoms with Gasteiger partial charge in [-0.05, 0) is 40.5 Å².